The smallest absolute Gasteiger partial charge is 0.196 e. The molecular formula is C24H18ClN7OS. The largest absolute Gasteiger partial charge is 0.387 e. The van der Waals surface area contributed by atoms with Gasteiger partial charge in [-0.25, -0.2) is 19.5 Å². The van der Waals surface area contributed by atoms with Crippen molar-refractivity contribution in [2.45, 2.75) is 20.5 Å². The van der Waals surface area contributed by atoms with Crippen LogP contribution < -0.4 is 0 Å². The molecule has 6 rings (SSSR count). The average molecular weight is 488 g/mol. The SMILES string of the molecule is Cc1c(C)n(-c2nc3ccccc3s2)c2ncn3nc(CO/N=C\c4ccc(Cl)cc4)nc3c12. The fourth-order valence-electron chi connectivity index (χ4n) is 3.90. The molecular weight excluding hydrogens is 470 g/mol. The summed E-state index contributed by atoms with van der Waals surface area (Å²) in [6.45, 7) is 4.29. The fourth-order valence-corrected chi connectivity index (χ4v) is 5.04. The number of hydrogen-bond donors (Lipinski definition) is 0. The highest BCUT2D eigenvalue weighted by molar-refractivity contribution is 7.20. The Labute approximate surface area is 203 Å². The molecule has 0 bridgehead atoms. The summed E-state index contributed by atoms with van der Waals surface area (Å²) in [5.74, 6) is 0.521. The number of para-hydroxylation sites is 1. The first kappa shape index (κ1) is 20.8. The molecule has 4 aromatic heterocycles. The number of fused-ring (bicyclic) bond motifs is 4. The van der Waals surface area contributed by atoms with Crippen molar-refractivity contribution in [3.63, 3.8) is 0 Å². The van der Waals surface area contributed by atoms with Gasteiger partial charge in [0.05, 0.1) is 21.8 Å². The Bertz CT molecular complexity index is 1670. The third-order valence-electron chi connectivity index (χ3n) is 5.69. The molecule has 0 saturated carbocycles. The number of thiazole rings is 1. The van der Waals surface area contributed by atoms with E-state index in [1.807, 2.05) is 30.3 Å². The van der Waals surface area contributed by atoms with E-state index in [1.54, 1.807) is 40.5 Å². The highest BCUT2D eigenvalue weighted by Gasteiger charge is 2.20. The van der Waals surface area contributed by atoms with Gasteiger partial charge in [-0.15, -0.1) is 5.10 Å². The van der Waals surface area contributed by atoms with Crippen molar-refractivity contribution in [2.75, 3.05) is 0 Å². The summed E-state index contributed by atoms with van der Waals surface area (Å²) in [6.07, 6.45) is 3.30. The van der Waals surface area contributed by atoms with Crippen LogP contribution in [0.15, 0.2) is 60.0 Å². The van der Waals surface area contributed by atoms with Gasteiger partial charge < -0.3 is 4.84 Å². The number of aromatic nitrogens is 6. The third-order valence-corrected chi connectivity index (χ3v) is 6.96. The predicted molar refractivity (Wildman–Crippen MR) is 134 cm³/mol. The molecule has 34 heavy (non-hydrogen) atoms. The van der Waals surface area contributed by atoms with Crippen molar-refractivity contribution >= 4 is 56.0 Å². The van der Waals surface area contributed by atoms with Crippen LogP contribution >= 0.6 is 22.9 Å². The number of rotatable bonds is 5. The van der Waals surface area contributed by atoms with E-state index in [9.17, 15) is 0 Å². The van der Waals surface area contributed by atoms with Crippen LogP contribution in [0, 0.1) is 13.8 Å². The zero-order chi connectivity index (χ0) is 23.2. The Hall–Kier alpha value is -3.82. The number of oxime groups is 1. The van der Waals surface area contributed by atoms with E-state index >= 15 is 0 Å². The van der Waals surface area contributed by atoms with Crippen LogP contribution in [0.4, 0.5) is 0 Å². The quantitative estimate of drug-likeness (QED) is 0.237. The number of benzene rings is 2. The zero-order valence-corrected chi connectivity index (χ0v) is 19.9. The predicted octanol–water partition coefficient (Wildman–Crippen LogP) is 5.50. The van der Waals surface area contributed by atoms with E-state index in [0.717, 1.165) is 48.8 Å². The highest BCUT2D eigenvalue weighted by atomic mass is 35.5. The summed E-state index contributed by atoms with van der Waals surface area (Å²) in [4.78, 5) is 19.7. The number of hydrogen-bond acceptors (Lipinski definition) is 7. The molecule has 0 saturated heterocycles. The molecule has 0 aliphatic heterocycles. The van der Waals surface area contributed by atoms with Gasteiger partial charge in [-0.1, -0.05) is 52.4 Å². The van der Waals surface area contributed by atoms with Crippen molar-refractivity contribution in [3.05, 3.63) is 82.5 Å². The van der Waals surface area contributed by atoms with E-state index in [-0.39, 0.29) is 6.61 Å². The molecule has 0 aliphatic carbocycles. The number of aryl methyl sites for hydroxylation is 1. The fraction of sp³-hybridized carbons (Fsp3) is 0.125. The molecule has 0 N–H and O–H groups in total. The van der Waals surface area contributed by atoms with Crippen molar-refractivity contribution in [1.82, 2.24) is 29.1 Å². The second kappa shape index (κ2) is 8.19. The zero-order valence-electron chi connectivity index (χ0n) is 18.3. The Morgan fingerprint density at radius 2 is 1.88 bits per heavy atom. The second-order valence-electron chi connectivity index (χ2n) is 7.81. The van der Waals surface area contributed by atoms with Crippen LogP contribution in [0.1, 0.15) is 22.6 Å². The van der Waals surface area contributed by atoms with Crippen molar-refractivity contribution < 1.29 is 4.84 Å². The summed E-state index contributed by atoms with van der Waals surface area (Å²) in [6, 6.07) is 15.5. The summed E-state index contributed by atoms with van der Waals surface area (Å²) >= 11 is 7.55. The van der Waals surface area contributed by atoms with Gasteiger partial charge in [0.2, 0.25) is 0 Å². The van der Waals surface area contributed by atoms with Crippen LogP contribution in [0.2, 0.25) is 5.02 Å². The third kappa shape index (κ3) is 3.49. The molecule has 2 aromatic carbocycles. The Morgan fingerprint density at radius 3 is 2.71 bits per heavy atom. The summed E-state index contributed by atoms with van der Waals surface area (Å²) in [7, 11) is 0. The summed E-state index contributed by atoms with van der Waals surface area (Å²) in [5.41, 5.74) is 5.56. The monoisotopic (exact) mass is 487 g/mol. The normalized spacial score (nSPS) is 12.0. The topological polar surface area (TPSA) is 82.5 Å². The van der Waals surface area contributed by atoms with E-state index < -0.39 is 0 Å². The summed E-state index contributed by atoms with van der Waals surface area (Å²) < 4.78 is 4.91. The minimum atomic E-state index is 0.143. The standard InChI is InChI=1S/C24H18ClN7OS/c1-14-15(2)32(24-28-18-5-3-4-6-19(18)34-24)22-21(14)23-29-20(30-31(23)13-26-22)12-33-27-11-16-7-9-17(25)10-8-16/h3-11,13H,12H2,1-2H3/b27-11-. The van der Waals surface area contributed by atoms with Gasteiger partial charge in [0.25, 0.3) is 0 Å². The van der Waals surface area contributed by atoms with Gasteiger partial charge in [-0.3, -0.25) is 4.57 Å². The van der Waals surface area contributed by atoms with Crippen molar-refractivity contribution in [3.8, 4) is 5.13 Å². The lowest BCUT2D eigenvalue weighted by molar-refractivity contribution is 0.126. The van der Waals surface area contributed by atoms with Gasteiger partial charge in [0.1, 0.15) is 6.33 Å². The Morgan fingerprint density at radius 1 is 1.06 bits per heavy atom. The second-order valence-corrected chi connectivity index (χ2v) is 9.25. The summed E-state index contributed by atoms with van der Waals surface area (Å²) in [5, 5.41) is 11.0. The first-order chi connectivity index (χ1) is 16.6. The van der Waals surface area contributed by atoms with E-state index in [1.165, 1.54) is 0 Å². The van der Waals surface area contributed by atoms with Crippen molar-refractivity contribution in [1.29, 1.82) is 0 Å². The lowest BCUT2D eigenvalue weighted by Gasteiger charge is -2.02. The highest BCUT2D eigenvalue weighted by Crippen LogP contribution is 2.33. The molecule has 168 valence electrons. The van der Waals surface area contributed by atoms with Crippen LogP contribution in [0.3, 0.4) is 0 Å². The van der Waals surface area contributed by atoms with Crippen LogP contribution in [0.5, 0.6) is 0 Å². The average Bonchev–Trinajstić information content (AvgIpc) is 3.52. The molecule has 0 atom stereocenters. The molecule has 8 nitrogen and oxygen atoms in total. The lowest BCUT2D eigenvalue weighted by atomic mass is 10.2. The van der Waals surface area contributed by atoms with Gasteiger partial charge in [0, 0.05) is 10.7 Å². The maximum absolute atomic E-state index is 5.90. The molecule has 0 amide bonds. The Kier molecular flexibility index (Phi) is 5.00. The molecule has 0 radical (unpaired) electrons. The maximum Gasteiger partial charge on any atom is 0.196 e. The molecule has 0 aliphatic rings. The Balaban J connectivity index is 1.34. The molecule has 0 unspecified atom stereocenters. The van der Waals surface area contributed by atoms with Gasteiger partial charge in [-0.05, 0) is 49.2 Å². The first-order valence-electron chi connectivity index (χ1n) is 10.6. The van der Waals surface area contributed by atoms with E-state index in [0.29, 0.717) is 10.8 Å². The molecule has 6 aromatic rings. The minimum absolute atomic E-state index is 0.143. The maximum atomic E-state index is 5.90. The first-order valence-corrected chi connectivity index (χ1v) is 11.8. The van der Waals surface area contributed by atoms with Gasteiger partial charge in [-0.2, -0.15) is 0 Å². The van der Waals surface area contributed by atoms with Gasteiger partial charge >= 0.3 is 0 Å². The van der Waals surface area contributed by atoms with Gasteiger partial charge in [0.15, 0.2) is 28.9 Å². The molecule has 0 fully saturated rings. The molecule has 10 heteroatoms. The minimum Gasteiger partial charge on any atom is -0.387 e. The van der Waals surface area contributed by atoms with Crippen LogP contribution in [0.25, 0.3) is 32.0 Å². The molecule has 0 spiro atoms. The lowest BCUT2D eigenvalue weighted by Crippen LogP contribution is -1.98. The van der Waals surface area contributed by atoms with Crippen LogP contribution in [-0.2, 0) is 11.4 Å². The number of nitrogens with zero attached hydrogens (tertiary/aromatic N) is 7. The van der Waals surface area contributed by atoms with E-state index in [2.05, 4.69) is 34.7 Å². The van der Waals surface area contributed by atoms with Crippen LogP contribution in [-0.4, -0.2) is 35.3 Å². The van der Waals surface area contributed by atoms with E-state index in [4.69, 9.17) is 31.4 Å². The van der Waals surface area contributed by atoms with Crippen molar-refractivity contribution in [2.24, 2.45) is 5.16 Å². The number of halogens is 1. The molecule has 4 heterocycles.